The number of nitrogen functional groups attached to an aromatic ring is 1. The summed E-state index contributed by atoms with van der Waals surface area (Å²) in [7, 11) is 0. The number of nitrogens with two attached hydrogens (primary N) is 1. The van der Waals surface area contributed by atoms with Crippen LogP contribution in [0, 0.1) is 0 Å². The van der Waals surface area contributed by atoms with Crippen LogP contribution in [0.25, 0.3) is 5.69 Å². The van der Waals surface area contributed by atoms with Crippen LogP contribution < -0.4 is 5.73 Å². The van der Waals surface area contributed by atoms with Crippen molar-refractivity contribution >= 4 is 11.7 Å². The largest absolute Gasteiger partial charge is 0.458 e. The maximum atomic E-state index is 11.9. The van der Waals surface area contributed by atoms with Gasteiger partial charge in [0.1, 0.15) is 0 Å². The summed E-state index contributed by atoms with van der Waals surface area (Å²) >= 11 is 0. The van der Waals surface area contributed by atoms with Crippen molar-refractivity contribution in [3.8, 4) is 5.69 Å². The van der Waals surface area contributed by atoms with Gasteiger partial charge in [-0.05, 0) is 31.5 Å². The Bertz CT molecular complexity index is 592. The molecule has 2 N–H and O–H groups in total. The monoisotopic (exact) mass is 273 g/mol. The van der Waals surface area contributed by atoms with Gasteiger partial charge in [0, 0.05) is 6.20 Å². The first kappa shape index (κ1) is 14.1. The fourth-order valence-corrected chi connectivity index (χ4v) is 1.97. The predicted octanol–water partition coefficient (Wildman–Crippen LogP) is 2.80. The molecule has 2 aromatic rings. The lowest BCUT2D eigenvalue weighted by Gasteiger charge is -2.10. The first-order valence-corrected chi connectivity index (χ1v) is 6.73. The summed E-state index contributed by atoms with van der Waals surface area (Å²) in [6, 6.07) is 8.99. The highest BCUT2D eigenvalue weighted by molar-refractivity contribution is 5.87. The Morgan fingerprint density at radius 1 is 1.40 bits per heavy atom. The molecule has 5 nitrogen and oxygen atoms in total. The minimum atomic E-state index is -0.404. The molecule has 20 heavy (non-hydrogen) atoms. The lowest BCUT2D eigenvalue weighted by atomic mass is 10.2. The molecule has 0 aliphatic heterocycles. The van der Waals surface area contributed by atoms with Crippen molar-refractivity contribution in [1.82, 2.24) is 9.78 Å². The van der Waals surface area contributed by atoms with E-state index >= 15 is 0 Å². The second kappa shape index (κ2) is 6.23. The van der Waals surface area contributed by atoms with Crippen molar-refractivity contribution in [2.45, 2.75) is 32.8 Å². The van der Waals surface area contributed by atoms with Crippen LogP contribution >= 0.6 is 0 Å². The second-order valence-electron chi connectivity index (χ2n) is 4.71. The SMILES string of the molecule is CCCC(C)OC(=O)c1ccn(-c2ccccc2N)n1. The molecular formula is C15H19N3O2. The number of carbonyl (C=O) groups is 1. The molecule has 0 saturated carbocycles. The van der Waals surface area contributed by atoms with Gasteiger partial charge in [-0.1, -0.05) is 25.5 Å². The Kier molecular flexibility index (Phi) is 4.40. The van der Waals surface area contributed by atoms with Crippen molar-refractivity contribution in [2.24, 2.45) is 0 Å². The van der Waals surface area contributed by atoms with Gasteiger partial charge in [-0.2, -0.15) is 5.10 Å². The molecule has 5 heteroatoms. The first-order chi connectivity index (χ1) is 9.61. The number of esters is 1. The number of hydrogen-bond acceptors (Lipinski definition) is 4. The molecule has 0 fully saturated rings. The molecule has 0 aliphatic rings. The van der Waals surface area contributed by atoms with E-state index < -0.39 is 5.97 Å². The third-order valence-electron chi connectivity index (χ3n) is 2.99. The van der Waals surface area contributed by atoms with Crippen LogP contribution in [-0.4, -0.2) is 21.9 Å². The third kappa shape index (κ3) is 3.17. The smallest absolute Gasteiger partial charge is 0.359 e. The van der Waals surface area contributed by atoms with Crippen LogP contribution in [0.3, 0.4) is 0 Å². The average Bonchev–Trinajstić information content (AvgIpc) is 2.89. The third-order valence-corrected chi connectivity index (χ3v) is 2.99. The van der Waals surface area contributed by atoms with E-state index in [1.54, 1.807) is 23.0 Å². The van der Waals surface area contributed by atoms with E-state index in [-0.39, 0.29) is 11.8 Å². The highest BCUT2D eigenvalue weighted by Crippen LogP contribution is 2.16. The van der Waals surface area contributed by atoms with E-state index in [1.807, 2.05) is 25.1 Å². The molecule has 1 aromatic heterocycles. The summed E-state index contributed by atoms with van der Waals surface area (Å²) in [6.45, 7) is 3.94. The van der Waals surface area contributed by atoms with Gasteiger partial charge in [0.15, 0.2) is 5.69 Å². The Morgan fingerprint density at radius 3 is 2.85 bits per heavy atom. The van der Waals surface area contributed by atoms with Crippen LogP contribution in [0.2, 0.25) is 0 Å². The summed E-state index contributed by atoms with van der Waals surface area (Å²) in [6.07, 6.45) is 3.42. The molecule has 0 bridgehead atoms. The number of nitrogens with zero attached hydrogens (tertiary/aromatic N) is 2. The molecule has 0 radical (unpaired) electrons. The van der Waals surface area contributed by atoms with Crippen molar-refractivity contribution in [3.05, 3.63) is 42.2 Å². The Balaban J connectivity index is 2.13. The van der Waals surface area contributed by atoms with Gasteiger partial charge >= 0.3 is 5.97 Å². The van der Waals surface area contributed by atoms with Crippen LogP contribution in [0.15, 0.2) is 36.5 Å². The van der Waals surface area contributed by atoms with Gasteiger partial charge in [0.25, 0.3) is 0 Å². The molecule has 1 aromatic carbocycles. The lowest BCUT2D eigenvalue weighted by molar-refractivity contribution is 0.0316. The second-order valence-corrected chi connectivity index (χ2v) is 4.71. The predicted molar refractivity (Wildman–Crippen MR) is 77.8 cm³/mol. The Labute approximate surface area is 118 Å². The van der Waals surface area contributed by atoms with Gasteiger partial charge in [-0.25, -0.2) is 9.48 Å². The van der Waals surface area contributed by atoms with E-state index in [4.69, 9.17) is 10.5 Å². The summed E-state index contributed by atoms with van der Waals surface area (Å²) in [4.78, 5) is 11.9. The molecule has 1 heterocycles. The van der Waals surface area contributed by atoms with Crippen LogP contribution in [0.5, 0.6) is 0 Å². The zero-order chi connectivity index (χ0) is 14.5. The molecule has 1 atom stereocenters. The topological polar surface area (TPSA) is 70.1 Å². The summed E-state index contributed by atoms with van der Waals surface area (Å²) < 4.78 is 6.89. The lowest BCUT2D eigenvalue weighted by Crippen LogP contribution is -2.15. The first-order valence-electron chi connectivity index (χ1n) is 6.73. The fourth-order valence-electron chi connectivity index (χ4n) is 1.97. The van der Waals surface area contributed by atoms with Crippen molar-refractivity contribution in [2.75, 3.05) is 5.73 Å². The minimum Gasteiger partial charge on any atom is -0.458 e. The van der Waals surface area contributed by atoms with Gasteiger partial charge in [0.2, 0.25) is 0 Å². The van der Waals surface area contributed by atoms with Crippen LogP contribution in [0.1, 0.15) is 37.2 Å². The number of anilines is 1. The van der Waals surface area contributed by atoms with E-state index in [1.165, 1.54) is 0 Å². The molecule has 0 amide bonds. The van der Waals surface area contributed by atoms with Crippen molar-refractivity contribution in [3.63, 3.8) is 0 Å². The van der Waals surface area contributed by atoms with E-state index in [2.05, 4.69) is 12.0 Å². The van der Waals surface area contributed by atoms with Gasteiger partial charge in [0.05, 0.1) is 17.5 Å². The van der Waals surface area contributed by atoms with Gasteiger partial charge in [-0.3, -0.25) is 0 Å². The van der Waals surface area contributed by atoms with Crippen molar-refractivity contribution in [1.29, 1.82) is 0 Å². The zero-order valence-corrected chi connectivity index (χ0v) is 11.7. The quantitative estimate of drug-likeness (QED) is 0.671. The Morgan fingerprint density at radius 2 is 2.15 bits per heavy atom. The fraction of sp³-hybridized carbons (Fsp3) is 0.333. The molecule has 0 spiro atoms. The summed E-state index contributed by atoms with van der Waals surface area (Å²) in [5.41, 5.74) is 7.52. The minimum absolute atomic E-state index is 0.0977. The van der Waals surface area contributed by atoms with E-state index in [9.17, 15) is 4.79 Å². The maximum absolute atomic E-state index is 11.9. The number of aromatic nitrogens is 2. The maximum Gasteiger partial charge on any atom is 0.359 e. The number of para-hydroxylation sites is 2. The highest BCUT2D eigenvalue weighted by atomic mass is 16.5. The van der Waals surface area contributed by atoms with Crippen LogP contribution in [-0.2, 0) is 4.74 Å². The van der Waals surface area contributed by atoms with Gasteiger partial charge in [-0.15, -0.1) is 0 Å². The normalized spacial score (nSPS) is 12.1. The molecule has 2 rings (SSSR count). The molecule has 106 valence electrons. The zero-order valence-electron chi connectivity index (χ0n) is 11.7. The molecule has 0 aliphatic carbocycles. The van der Waals surface area contributed by atoms with E-state index in [0.29, 0.717) is 5.69 Å². The number of carbonyl (C=O) groups excluding carboxylic acids is 1. The van der Waals surface area contributed by atoms with Crippen LogP contribution in [0.4, 0.5) is 5.69 Å². The van der Waals surface area contributed by atoms with E-state index in [0.717, 1.165) is 18.5 Å². The summed E-state index contributed by atoms with van der Waals surface area (Å²) in [5, 5.41) is 4.22. The summed E-state index contributed by atoms with van der Waals surface area (Å²) in [5.74, 6) is -0.404. The molecule has 0 saturated heterocycles. The molecule has 1 unspecified atom stereocenters. The Hall–Kier alpha value is -2.30. The number of ether oxygens (including phenoxy) is 1. The van der Waals surface area contributed by atoms with Crippen molar-refractivity contribution < 1.29 is 9.53 Å². The highest BCUT2D eigenvalue weighted by Gasteiger charge is 2.15. The molecular weight excluding hydrogens is 254 g/mol. The number of rotatable bonds is 5. The average molecular weight is 273 g/mol. The van der Waals surface area contributed by atoms with Gasteiger partial charge < -0.3 is 10.5 Å². The number of hydrogen-bond donors (Lipinski definition) is 1. The number of benzene rings is 1. The standard InChI is InChI=1S/C15H19N3O2/c1-3-6-11(2)20-15(19)13-9-10-18(17-13)14-8-5-4-7-12(14)16/h4-5,7-11H,3,6,16H2,1-2H3.